The summed E-state index contributed by atoms with van der Waals surface area (Å²) < 4.78 is 27.1. The number of hydrogen-bond donors (Lipinski definition) is 2. The highest BCUT2D eigenvalue weighted by molar-refractivity contribution is 7.92. The number of unbranched alkanes of at least 4 members (excludes halogenated alkanes) is 1. The van der Waals surface area contributed by atoms with Gasteiger partial charge in [0.15, 0.2) is 0 Å². The first-order valence-electron chi connectivity index (χ1n) is 7.59. The van der Waals surface area contributed by atoms with Crippen molar-refractivity contribution in [3.05, 3.63) is 59.1 Å². The molecule has 24 heavy (non-hydrogen) atoms. The lowest BCUT2D eigenvalue weighted by atomic mass is 10.2. The van der Waals surface area contributed by atoms with E-state index in [4.69, 9.17) is 11.6 Å². The fraction of sp³-hybridized carbons (Fsp3) is 0.235. The SMILES string of the molecule is CCCCNC(=O)c1cc(NS(=O)(=O)c2ccccc2)ccc1Cl. The molecule has 0 radical (unpaired) electrons. The highest BCUT2D eigenvalue weighted by Crippen LogP contribution is 2.23. The molecular weight excluding hydrogens is 348 g/mol. The summed E-state index contributed by atoms with van der Waals surface area (Å²) in [7, 11) is -3.71. The van der Waals surface area contributed by atoms with Gasteiger partial charge in [0.25, 0.3) is 15.9 Å². The molecule has 0 aliphatic rings. The molecule has 7 heteroatoms. The van der Waals surface area contributed by atoms with Gasteiger partial charge >= 0.3 is 0 Å². The summed E-state index contributed by atoms with van der Waals surface area (Å²) in [6.45, 7) is 2.57. The number of anilines is 1. The monoisotopic (exact) mass is 366 g/mol. The van der Waals surface area contributed by atoms with Crippen LogP contribution in [0.15, 0.2) is 53.4 Å². The number of benzene rings is 2. The number of halogens is 1. The van der Waals surface area contributed by atoms with Crippen LogP contribution in [0, 0.1) is 0 Å². The Bertz CT molecular complexity index is 808. The van der Waals surface area contributed by atoms with E-state index in [1.165, 1.54) is 30.3 Å². The molecule has 5 nitrogen and oxygen atoms in total. The van der Waals surface area contributed by atoms with Crippen molar-refractivity contribution in [2.24, 2.45) is 0 Å². The highest BCUT2D eigenvalue weighted by atomic mass is 35.5. The summed E-state index contributed by atoms with van der Waals surface area (Å²) >= 11 is 6.05. The van der Waals surface area contributed by atoms with Crippen molar-refractivity contribution >= 4 is 33.2 Å². The topological polar surface area (TPSA) is 75.3 Å². The van der Waals surface area contributed by atoms with Crippen LogP contribution >= 0.6 is 11.6 Å². The van der Waals surface area contributed by atoms with Gasteiger partial charge in [0, 0.05) is 12.2 Å². The number of sulfonamides is 1. The van der Waals surface area contributed by atoms with E-state index >= 15 is 0 Å². The van der Waals surface area contributed by atoms with Gasteiger partial charge in [0.05, 0.1) is 15.5 Å². The van der Waals surface area contributed by atoms with E-state index in [1.807, 2.05) is 6.92 Å². The lowest BCUT2D eigenvalue weighted by Crippen LogP contribution is -2.25. The highest BCUT2D eigenvalue weighted by Gasteiger charge is 2.16. The van der Waals surface area contributed by atoms with Crippen molar-refractivity contribution in [1.82, 2.24) is 5.32 Å². The minimum atomic E-state index is -3.71. The maximum Gasteiger partial charge on any atom is 0.261 e. The molecule has 0 saturated carbocycles. The molecule has 0 atom stereocenters. The van der Waals surface area contributed by atoms with Crippen molar-refractivity contribution in [3.63, 3.8) is 0 Å². The largest absolute Gasteiger partial charge is 0.352 e. The van der Waals surface area contributed by atoms with E-state index in [9.17, 15) is 13.2 Å². The predicted octanol–water partition coefficient (Wildman–Crippen LogP) is 3.67. The molecule has 0 bridgehead atoms. The minimum absolute atomic E-state index is 0.147. The van der Waals surface area contributed by atoms with Crippen LogP contribution in [0.3, 0.4) is 0 Å². The van der Waals surface area contributed by atoms with Crippen LogP contribution in [0.4, 0.5) is 5.69 Å². The summed E-state index contributed by atoms with van der Waals surface area (Å²) in [5.41, 5.74) is 0.518. The van der Waals surface area contributed by atoms with Crippen molar-refractivity contribution in [2.75, 3.05) is 11.3 Å². The number of nitrogens with one attached hydrogen (secondary N) is 2. The van der Waals surface area contributed by atoms with Crippen molar-refractivity contribution < 1.29 is 13.2 Å². The van der Waals surface area contributed by atoms with Crippen LogP contribution < -0.4 is 10.0 Å². The maximum absolute atomic E-state index is 12.3. The Balaban J connectivity index is 2.20. The first-order chi connectivity index (χ1) is 11.4. The zero-order valence-corrected chi connectivity index (χ0v) is 14.8. The van der Waals surface area contributed by atoms with Crippen LogP contribution in [0.5, 0.6) is 0 Å². The summed E-state index contributed by atoms with van der Waals surface area (Å²) in [5.74, 6) is -0.325. The van der Waals surface area contributed by atoms with Crippen LogP contribution in [-0.4, -0.2) is 20.9 Å². The molecule has 1 amide bonds. The van der Waals surface area contributed by atoms with Crippen molar-refractivity contribution in [1.29, 1.82) is 0 Å². The summed E-state index contributed by atoms with van der Waals surface area (Å²) in [4.78, 5) is 12.3. The molecule has 2 N–H and O–H groups in total. The van der Waals surface area contributed by atoms with E-state index < -0.39 is 10.0 Å². The molecule has 0 spiro atoms. The third-order valence-electron chi connectivity index (χ3n) is 3.33. The maximum atomic E-state index is 12.3. The molecule has 0 unspecified atom stereocenters. The summed E-state index contributed by atoms with van der Waals surface area (Å²) in [5, 5.41) is 3.03. The smallest absolute Gasteiger partial charge is 0.261 e. The number of carbonyl (C=O) groups excluding carboxylic acids is 1. The van der Waals surface area contributed by atoms with E-state index in [2.05, 4.69) is 10.0 Å². The van der Waals surface area contributed by atoms with Gasteiger partial charge in [-0.25, -0.2) is 8.42 Å². The molecular formula is C17H19ClN2O3S. The lowest BCUT2D eigenvalue weighted by molar-refractivity contribution is 0.0953. The first kappa shape index (κ1) is 18.3. The van der Waals surface area contributed by atoms with Gasteiger partial charge in [-0.3, -0.25) is 9.52 Å². The van der Waals surface area contributed by atoms with Gasteiger partial charge in [-0.2, -0.15) is 0 Å². The molecule has 2 rings (SSSR count). The van der Waals surface area contributed by atoms with Gasteiger partial charge in [0.1, 0.15) is 0 Å². The molecule has 2 aromatic carbocycles. The molecule has 0 fully saturated rings. The average molecular weight is 367 g/mol. The molecule has 0 heterocycles. The van der Waals surface area contributed by atoms with Gasteiger partial charge in [-0.05, 0) is 36.8 Å². The molecule has 2 aromatic rings. The molecule has 0 saturated heterocycles. The zero-order valence-electron chi connectivity index (χ0n) is 13.3. The van der Waals surface area contributed by atoms with Gasteiger partial charge < -0.3 is 5.32 Å². The second kappa shape index (κ2) is 8.17. The number of amides is 1. The van der Waals surface area contributed by atoms with E-state index in [0.29, 0.717) is 6.54 Å². The van der Waals surface area contributed by atoms with E-state index in [0.717, 1.165) is 12.8 Å². The lowest BCUT2D eigenvalue weighted by Gasteiger charge is -2.11. The number of rotatable bonds is 7. The average Bonchev–Trinajstić information content (AvgIpc) is 2.57. The third-order valence-corrected chi connectivity index (χ3v) is 5.06. The Morgan fingerprint density at radius 3 is 2.50 bits per heavy atom. The van der Waals surface area contributed by atoms with E-state index in [-0.39, 0.29) is 27.1 Å². The van der Waals surface area contributed by atoms with E-state index in [1.54, 1.807) is 18.2 Å². The number of hydrogen-bond acceptors (Lipinski definition) is 3. The Labute approximate surface area is 147 Å². The van der Waals surface area contributed by atoms with Crippen molar-refractivity contribution in [3.8, 4) is 0 Å². The van der Waals surface area contributed by atoms with Crippen LogP contribution in [0.1, 0.15) is 30.1 Å². The van der Waals surface area contributed by atoms with Gasteiger partial charge in [-0.1, -0.05) is 43.1 Å². The molecule has 0 aromatic heterocycles. The van der Waals surface area contributed by atoms with Crippen LogP contribution in [-0.2, 0) is 10.0 Å². The molecule has 0 aliphatic carbocycles. The minimum Gasteiger partial charge on any atom is -0.352 e. The second-order valence-corrected chi connectivity index (χ2v) is 7.31. The quantitative estimate of drug-likeness (QED) is 0.734. The summed E-state index contributed by atoms with van der Waals surface area (Å²) in [6.07, 6.45) is 1.83. The third kappa shape index (κ3) is 4.72. The van der Waals surface area contributed by atoms with Crippen LogP contribution in [0.25, 0.3) is 0 Å². The Hall–Kier alpha value is -2.05. The number of carbonyl (C=O) groups is 1. The van der Waals surface area contributed by atoms with Gasteiger partial charge in [-0.15, -0.1) is 0 Å². The normalized spacial score (nSPS) is 11.1. The first-order valence-corrected chi connectivity index (χ1v) is 9.46. The fourth-order valence-corrected chi connectivity index (χ4v) is 3.32. The van der Waals surface area contributed by atoms with Crippen molar-refractivity contribution in [2.45, 2.75) is 24.7 Å². The summed E-state index contributed by atoms with van der Waals surface area (Å²) in [6, 6.07) is 12.5. The predicted molar refractivity (Wildman–Crippen MR) is 95.9 cm³/mol. The standard InChI is InChI=1S/C17H19ClN2O3S/c1-2-3-11-19-17(21)15-12-13(9-10-16(15)18)20-24(22,23)14-7-5-4-6-8-14/h4-10,12,20H,2-3,11H2,1H3,(H,19,21). The van der Waals surface area contributed by atoms with Gasteiger partial charge in [0.2, 0.25) is 0 Å². The van der Waals surface area contributed by atoms with Crippen LogP contribution in [0.2, 0.25) is 5.02 Å². The Kier molecular flexibility index (Phi) is 6.23. The fourth-order valence-electron chi connectivity index (χ4n) is 2.05. The second-order valence-electron chi connectivity index (χ2n) is 5.22. The molecule has 128 valence electrons. The Morgan fingerprint density at radius 1 is 1.12 bits per heavy atom. The zero-order chi connectivity index (χ0) is 17.6. The molecule has 0 aliphatic heterocycles. The Morgan fingerprint density at radius 2 is 1.83 bits per heavy atom.